The van der Waals surface area contributed by atoms with E-state index in [9.17, 15) is 5.11 Å². The Labute approximate surface area is 97.3 Å². The molecule has 2 atom stereocenters. The molecule has 0 saturated heterocycles. The standard InChI is InChI=1S/C14H20O2/c1-10-6-8-12(9-7-10)14(15)11(2)16-13-4-3-5-13/h6-9,11,13-15H,3-5H2,1-2H3. The van der Waals surface area contributed by atoms with Gasteiger partial charge in [0.2, 0.25) is 0 Å². The van der Waals surface area contributed by atoms with E-state index in [1.54, 1.807) is 0 Å². The molecule has 2 nitrogen and oxygen atoms in total. The summed E-state index contributed by atoms with van der Waals surface area (Å²) in [6.07, 6.45) is 3.29. The van der Waals surface area contributed by atoms with E-state index in [4.69, 9.17) is 4.74 Å². The van der Waals surface area contributed by atoms with E-state index in [1.165, 1.54) is 12.0 Å². The van der Waals surface area contributed by atoms with E-state index < -0.39 is 6.10 Å². The van der Waals surface area contributed by atoms with Gasteiger partial charge in [-0.1, -0.05) is 29.8 Å². The highest BCUT2D eigenvalue weighted by atomic mass is 16.5. The fourth-order valence-electron chi connectivity index (χ4n) is 1.92. The van der Waals surface area contributed by atoms with Crippen molar-refractivity contribution in [2.75, 3.05) is 0 Å². The predicted molar refractivity (Wildman–Crippen MR) is 64.3 cm³/mol. The number of aryl methyl sites for hydroxylation is 1. The average molecular weight is 220 g/mol. The summed E-state index contributed by atoms with van der Waals surface area (Å²) in [5, 5.41) is 10.1. The zero-order chi connectivity index (χ0) is 11.5. The Morgan fingerprint density at radius 3 is 2.38 bits per heavy atom. The highest BCUT2D eigenvalue weighted by molar-refractivity contribution is 5.23. The van der Waals surface area contributed by atoms with Crippen LogP contribution in [0.4, 0.5) is 0 Å². The molecule has 0 bridgehead atoms. The molecular formula is C14H20O2. The topological polar surface area (TPSA) is 29.5 Å². The molecule has 1 saturated carbocycles. The third-order valence-corrected chi connectivity index (χ3v) is 3.32. The summed E-state index contributed by atoms with van der Waals surface area (Å²) in [4.78, 5) is 0. The van der Waals surface area contributed by atoms with Gasteiger partial charge in [-0.25, -0.2) is 0 Å². The van der Waals surface area contributed by atoms with Crippen molar-refractivity contribution in [1.82, 2.24) is 0 Å². The van der Waals surface area contributed by atoms with Gasteiger partial charge in [-0.05, 0) is 38.7 Å². The van der Waals surface area contributed by atoms with Crippen LogP contribution in [0.2, 0.25) is 0 Å². The van der Waals surface area contributed by atoms with Crippen molar-refractivity contribution >= 4 is 0 Å². The van der Waals surface area contributed by atoms with Crippen LogP contribution in [0, 0.1) is 6.92 Å². The summed E-state index contributed by atoms with van der Waals surface area (Å²) in [7, 11) is 0. The molecule has 1 fully saturated rings. The van der Waals surface area contributed by atoms with Crippen LogP contribution in [0.15, 0.2) is 24.3 Å². The largest absolute Gasteiger partial charge is 0.386 e. The van der Waals surface area contributed by atoms with Crippen LogP contribution in [0.3, 0.4) is 0 Å². The van der Waals surface area contributed by atoms with Gasteiger partial charge in [0.25, 0.3) is 0 Å². The van der Waals surface area contributed by atoms with E-state index in [1.807, 2.05) is 38.1 Å². The molecule has 0 aromatic heterocycles. The summed E-state index contributed by atoms with van der Waals surface area (Å²) in [5.74, 6) is 0. The van der Waals surface area contributed by atoms with Crippen LogP contribution >= 0.6 is 0 Å². The smallest absolute Gasteiger partial charge is 0.105 e. The molecule has 0 spiro atoms. The van der Waals surface area contributed by atoms with Gasteiger partial charge >= 0.3 is 0 Å². The van der Waals surface area contributed by atoms with Crippen molar-refractivity contribution in [3.63, 3.8) is 0 Å². The fraction of sp³-hybridized carbons (Fsp3) is 0.571. The molecule has 1 N–H and O–H groups in total. The highest BCUT2D eigenvalue weighted by Crippen LogP contribution is 2.27. The summed E-state index contributed by atoms with van der Waals surface area (Å²) < 4.78 is 5.78. The van der Waals surface area contributed by atoms with Crippen molar-refractivity contribution in [3.8, 4) is 0 Å². The Morgan fingerprint density at radius 1 is 1.25 bits per heavy atom. The fourth-order valence-corrected chi connectivity index (χ4v) is 1.92. The molecule has 0 radical (unpaired) electrons. The maximum atomic E-state index is 10.1. The van der Waals surface area contributed by atoms with Gasteiger partial charge in [0, 0.05) is 0 Å². The van der Waals surface area contributed by atoms with Gasteiger partial charge in [0.1, 0.15) is 6.10 Å². The lowest BCUT2D eigenvalue weighted by molar-refractivity contribution is -0.0944. The molecule has 0 heterocycles. The first kappa shape index (κ1) is 11.6. The number of rotatable bonds is 4. The quantitative estimate of drug-likeness (QED) is 0.845. The third-order valence-electron chi connectivity index (χ3n) is 3.32. The van der Waals surface area contributed by atoms with Gasteiger partial charge in [-0.15, -0.1) is 0 Å². The predicted octanol–water partition coefficient (Wildman–Crippen LogP) is 2.99. The monoisotopic (exact) mass is 220 g/mol. The van der Waals surface area contributed by atoms with Gasteiger partial charge in [-0.3, -0.25) is 0 Å². The number of hydrogen-bond acceptors (Lipinski definition) is 2. The van der Waals surface area contributed by atoms with Crippen LogP contribution in [-0.2, 0) is 4.74 Å². The first-order valence-corrected chi connectivity index (χ1v) is 6.07. The van der Waals surface area contributed by atoms with Crippen LogP contribution in [0.5, 0.6) is 0 Å². The number of hydrogen-bond donors (Lipinski definition) is 1. The SMILES string of the molecule is Cc1ccc(C(O)C(C)OC2CCC2)cc1. The van der Waals surface area contributed by atoms with Crippen LogP contribution in [-0.4, -0.2) is 17.3 Å². The minimum atomic E-state index is -0.513. The van der Waals surface area contributed by atoms with Crippen molar-refractivity contribution in [3.05, 3.63) is 35.4 Å². The zero-order valence-corrected chi connectivity index (χ0v) is 10.0. The zero-order valence-electron chi connectivity index (χ0n) is 10.0. The number of benzene rings is 1. The first-order valence-electron chi connectivity index (χ1n) is 6.07. The van der Waals surface area contributed by atoms with Gasteiger partial charge in [-0.2, -0.15) is 0 Å². The number of aliphatic hydroxyl groups is 1. The van der Waals surface area contributed by atoms with Gasteiger partial charge < -0.3 is 9.84 Å². The third kappa shape index (κ3) is 2.63. The van der Waals surface area contributed by atoms with E-state index in [2.05, 4.69) is 0 Å². The maximum absolute atomic E-state index is 10.1. The molecule has 16 heavy (non-hydrogen) atoms. The Balaban J connectivity index is 1.94. The molecule has 0 amide bonds. The van der Waals surface area contributed by atoms with E-state index >= 15 is 0 Å². The van der Waals surface area contributed by atoms with Crippen molar-refractivity contribution in [2.45, 2.75) is 51.4 Å². The lowest BCUT2D eigenvalue weighted by Crippen LogP contribution is -2.29. The number of aliphatic hydroxyl groups excluding tert-OH is 1. The molecule has 1 aliphatic rings. The lowest BCUT2D eigenvalue weighted by Gasteiger charge is -2.31. The molecule has 2 unspecified atom stereocenters. The molecule has 1 aromatic carbocycles. The number of ether oxygens (including phenoxy) is 1. The minimum Gasteiger partial charge on any atom is -0.386 e. The highest BCUT2D eigenvalue weighted by Gasteiger charge is 2.24. The normalized spacial score (nSPS) is 20.2. The summed E-state index contributed by atoms with van der Waals surface area (Å²) in [5.41, 5.74) is 2.15. The molecule has 2 heteroatoms. The van der Waals surface area contributed by atoms with Crippen LogP contribution in [0.1, 0.15) is 43.4 Å². The second-order valence-electron chi connectivity index (χ2n) is 4.75. The molecule has 0 aliphatic heterocycles. The van der Waals surface area contributed by atoms with Crippen LogP contribution in [0.25, 0.3) is 0 Å². The van der Waals surface area contributed by atoms with Crippen molar-refractivity contribution < 1.29 is 9.84 Å². The average Bonchev–Trinajstić information content (AvgIpc) is 2.23. The van der Waals surface area contributed by atoms with Crippen molar-refractivity contribution in [2.24, 2.45) is 0 Å². The Morgan fingerprint density at radius 2 is 1.88 bits per heavy atom. The Kier molecular flexibility index (Phi) is 3.62. The molecule has 1 aromatic rings. The summed E-state index contributed by atoms with van der Waals surface area (Å²) in [6.45, 7) is 3.99. The van der Waals surface area contributed by atoms with Crippen molar-refractivity contribution in [1.29, 1.82) is 0 Å². The van der Waals surface area contributed by atoms with E-state index in [0.717, 1.165) is 18.4 Å². The van der Waals surface area contributed by atoms with E-state index in [-0.39, 0.29) is 6.10 Å². The second kappa shape index (κ2) is 4.98. The molecule has 88 valence electrons. The first-order chi connectivity index (χ1) is 7.66. The molecule has 1 aliphatic carbocycles. The van der Waals surface area contributed by atoms with Gasteiger partial charge in [0.15, 0.2) is 0 Å². The second-order valence-corrected chi connectivity index (χ2v) is 4.75. The van der Waals surface area contributed by atoms with Gasteiger partial charge in [0.05, 0.1) is 12.2 Å². The summed E-state index contributed by atoms with van der Waals surface area (Å²) in [6, 6.07) is 7.99. The van der Waals surface area contributed by atoms with E-state index in [0.29, 0.717) is 6.10 Å². The maximum Gasteiger partial charge on any atom is 0.105 e. The molecule has 2 rings (SSSR count). The Bertz CT molecular complexity index is 327. The lowest BCUT2D eigenvalue weighted by atomic mass is 9.95. The molecular weight excluding hydrogens is 200 g/mol. The summed E-state index contributed by atoms with van der Waals surface area (Å²) >= 11 is 0. The minimum absolute atomic E-state index is 0.118. The Hall–Kier alpha value is -0.860. The van der Waals surface area contributed by atoms with Crippen LogP contribution < -0.4 is 0 Å².